The number of nitrogens with one attached hydrogen (secondary N) is 2. The highest BCUT2D eigenvalue weighted by Crippen LogP contribution is 2.23. The topological polar surface area (TPSA) is 70.1 Å². The molecule has 1 aliphatic rings. The van der Waals surface area contributed by atoms with Crippen molar-refractivity contribution in [3.05, 3.63) is 46.1 Å². The van der Waals surface area contributed by atoms with Crippen molar-refractivity contribution in [2.75, 3.05) is 30.9 Å². The third-order valence-corrected chi connectivity index (χ3v) is 5.68. The van der Waals surface area contributed by atoms with Crippen LogP contribution in [0.4, 0.5) is 11.8 Å². The number of anilines is 2. The number of aryl methyl sites for hydroxylation is 1. The van der Waals surface area contributed by atoms with Gasteiger partial charge in [-0.15, -0.1) is 0 Å². The molecule has 0 radical (unpaired) electrons. The van der Waals surface area contributed by atoms with Gasteiger partial charge >= 0.3 is 0 Å². The highest BCUT2D eigenvalue weighted by molar-refractivity contribution is 9.10. The Morgan fingerprint density at radius 3 is 2.43 bits per heavy atom. The van der Waals surface area contributed by atoms with Crippen molar-refractivity contribution in [2.24, 2.45) is 0 Å². The van der Waals surface area contributed by atoms with Gasteiger partial charge in [-0.2, -0.15) is 4.98 Å². The fourth-order valence-corrected chi connectivity index (χ4v) is 3.82. The number of benzene rings is 1. The van der Waals surface area contributed by atoms with E-state index in [2.05, 4.69) is 36.5 Å². The highest BCUT2D eigenvalue weighted by atomic mass is 79.9. The van der Waals surface area contributed by atoms with Gasteiger partial charge in [0.05, 0.1) is 6.54 Å². The van der Waals surface area contributed by atoms with Crippen LogP contribution in [0.15, 0.2) is 34.9 Å². The normalized spacial score (nSPS) is 19.3. The molecule has 1 saturated carbocycles. The van der Waals surface area contributed by atoms with Gasteiger partial charge in [0.2, 0.25) is 5.95 Å². The molecule has 2 aromatic rings. The number of aromatic nitrogens is 2. The molecule has 150 valence electrons. The summed E-state index contributed by atoms with van der Waals surface area (Å²) in [6, 6.07) is 8.28. The second kappa shape index (κ2) is 9.47. The monoisotopic (exact) mass is 445 g/mol. The van der Waals surface area contributed by atoms with E-state index in [1.165, 1.54) is 0 Å². The zero-order valence-corrected chi connectivity index (χ0v) is 18.3. The smallest absolute Gasteiger partial charge is 0.224 e. The molecule has 7 heteroatoms. The molecule has 1 aromatic heterocycles. The van der Waals surface area contributed by atoms with Crippen LogP contribution >= 0.6 is 15.9 Å². The molecule has 1 heterocycles. The first kappa shape index (κ1) is 20.7. The maximum Gasteiger partial charge on any atom is 0.224 e. The molecule has 0 aliphatic heterocycles. The Morgan fingerprint density at radius 2 is 1.79 bits per heavy atom. The fraction of sp³-hybridized carbons (Fsp3) is 0.476. The minimum absolute atomic E-state index is 0.136. The van der Waals surface area contributed by atoms with Crippen LogP contribution < -0.4 is 15.5 Å². The third-order valence-electron chi connectivity index (χ3n) is 5.15. The van der Waals surface area contributed by atoms with Crippen LogP contribution in [0.2, 0.25) is 0 Å². The van der Waals surface area contributed by atoms with Crippen molar-refractivity contribution >= 4 is 33.5 Å². The highest BCUT2D eigenvalue weighted by Gasteiger charge is 2.22. The Hall–Kier alpha value is -1.99. The van der Waals surface area contributed by atoms with E-state index < -0.39 is 0 Å². The Bertz CT molecular complexity index is 801. The van der Waals surface area contributed by atoms with Gasteiger partial charge in [0.25, 0.3) is 0 Å². The summed E-state index contributed by atoms with van der Waals surface area (Å²) in [4.78, 5) is 23.4. The minimum atomic E-state index is 0.136. The lowest BCUT2D eigenvalue weighted by molar-refractivity contribution is 0.0984. The van der Waals surface area contributed by atoms with Crippen LogP contribution in [0.25, 0.3) is 0 Å². The molecule has 0 amide bonds. The largest absolute Gasteiger partial charge is 0.362 e. The van der Waals surface area contributed by atoms with Crippen LogP contribution in [-0.4, -0.2) is 48.5 Å². The van der Waals surface area contributed by atoms with E-state index in [0.717, 1.165) is 47.1 Å². The summed E-state index contributed by atoms with van der Waals surface area (Å²) < 4.78 is 0.984. The molecule has 1 fully saturated rings. The van der Waals surface area contributed by atoms with Gasteiger partial charge in [-0.25, -0.2) is 4.98 Å². The molecule has 3 rings (SSSR count). The third kappa shape index (κ3) is 5.52. The number of hydrogen-bond acceptors (Lipinski definition) is 6. The van der Waals surface area contributed by atoms with Crippen LogP contribution in [0.1, 0.15) is 41.6 Å². The number of ketones is 1. The molecule has 6 nitrogen and oxygen atoms in total. The SMILES string of the molecule is Cc1cnc(NC2CCC(NCC(=O)c3ccc(Br)cc3)CC2)nc1N(C)C. The Morgan fingerprint density at radius 1 is 1.14 bits per heavy atom. The number of hydrogen-bond donors (Lipinski definition) is 2. The number of Topliss-reactive ketones (excluding diaryl/α,β-unsaturated/α-hetero) is 1. The van der Waals surface area contributed by atoms with Crippen LogP contribution in [0, 0.1) is 6.92 Å². The van der Waals surface area contributed by atoms with Gasteiger partial charge in [-0.05, 0) is 44.7 Å². The van der Waals surface area contributed by atoms with Crippen molar-refractivity contribution < 1.29 is 4.79 Å². The maximum absolute atomic E-state index is 12.3. The molecule has 2 N–H and O–H groups in total. The van der Waals surface area contributed by atoms with Crippen molar-refractivity contribution in [3.63, 3.8) is 0 Å². The summed E-state index contributed by atoms with van der Waals surface area (Å²) in [5.74, 6) is 1.77. The maximum atomic E-state index is 12.3. The van der Waals surface area contributed by atoms with E-state index in [-0.39, 0.29) is 5.78 Å². The molecule has 0 unspecified atom stereocenters. The quantitative estimate of drug-likeness (QED) is 0.631. The molecular formula is C21H28BrN5O. The van der Waals surface area contributed by atoms with Gasteiger partial charge in [0.1, 0.15) is 5.82 Å². The molecule has 0 atom stereocenters. The zero-order chi connectivity index (χ0) is 20.1. The summed E-state index contributed by atoms with van der Waals surface area (Å²) in [7, 11) is 3.98. The molecule has 28 heavy (non-hydrogen) atoms. The van der Waals surface area contributed by atoms with Crippen molar-refractivity contribution in [2.45, 2.75) is 44.7 Å². The average Bonchev–Trinajstić information content (AvgIpc) is 2.69. The van der Waals surface area contributed by atoms with E-state index in [4.69, 9.17) is 0 Å². The first-order chi connectivity index (χ1) is 13.4. The number of rotatable bonds is 7. The molecule has 0 saturated heterocycles. The lowest BCUT2D eigenvalue weighted by atomic mass is 9.91. The predicted molar refractivity (Wildman–Crippen MR) is 117 cm³/mol. The lowest BCUT2D eigenvalue weighted by Crippen LogP contribution is -2.39. The fourth-order valence-electron chi connectivity index (χ4n) is 3.55. The van der Waals surface area contributed by atoms with Crippen LogP contribution in [-0.2, 0) is 0 Å². The van der Waals surface area contributed by atoms with Gasteiger partial charge in [-0.1, -0.05) is 28.1 Å². The summed E-state index contributed by atoms with van der Waals surface area (Å²) in [5.41, 5.74) is 1.82. The summed E-state index contributed by atoms with van der Waals surface area (Å²) in [6.45, 7) is 2.41. The van der Waals surface area contributed by atoms with E-state index in [0.29, 0.717) is 24.6 Å². The molecule has 0 bridgehead atoms. The van der Waals surface area contributed by atoms with Gasteiger partial charge < -0.3 is 15.5 Å². The van der Waals surface area contributed by atoms with Gasteiger partial charge in [-0.3, -0.25) is 4.79 Å². The van der Waals surface area contributed by atoms with Gasteiger partial charge in [0, 0.05) is 48.0 Å². The Labute approximate surface area is 175 Å². The standard InChI is InChI=1S/C21H28BrN5O/c1-14-12-24-21(26-20(14)27(2)3)25-18-10-8-17(9-11-18)23-13-19(28)15-4-6-16(22)7-5-15/h4-7,12,17-18,23H,8-11,13H2,1-3H3,(H,24,25,26). The van der Waals surface area contributed by atoms with E-state index in [9.17, 15) is 4.79 Å². The zero-order valence-electron chi connectivity index (χ0n) is 16.7. The molecule has 0 spiro atoms. The minimum Gasteiger partial charge on any atom is -0.362 e. The molecular weight excluding hydrogens is 418 g/mol. The average molecular weight is 446 g/mol. The number of nitrogens with zero attached hydrogens (tertiary/aromatic N) is 3. The van der Waals surface area contributed by atoms with Crippen LogP contribution in [0.5, 0.6) is 0 Å². The van der Waals surface area contributed by atoms with E-state index in [1.54, 1.807) is 0 Å². The van der Waals surface area contributed by atoms with Crippen molar-refractivity contribution in [1.82, 2.24) is 15.3 Å². The van der Waals surface area contributed by atoms with Crippen molar-refractivity contribution in [3.8, 4) is 0 Å². The van der Waals surface area contributed by atoms with E-state index >= 15 is 0 Å². The van der Waals surface area contributed by atoms with Gasteiger partial charge in [0.15, 0.2) is 5.78 Å². The van der Waals surface area contributed by atoms with Crippen LogP contribution in [0.3, 0.4) is 0 Å². The second-order valence-electron chi connectivity index (χ2n) is 7.60. The molecule has 1 aliphatic carbocycles. The Balaban J connectivity index is 1.45. The lowest BCUT2D eigenvalue weighted by Gasteiger charge is -2.30. The summed E-state index contributed by atoms with van der Waals surface area (Å²) >= 11 is 3.40. The number of carbonyl (C=O) groups is 1. The Kier molecular flexibility index (Phi) is 7.02. The van der Waals surface area contributed by atoms with E-state index in [1.807, 2.05) is 56.4 Å². The first-order valence-electron chi connectivity index (χ1n) is 9.72. The first-order valence-corrected chi connectivity index (χ1v) is 10.5. The summed E-state index contributed by atoms with van der Waals surface area (Å²) in [5, 5.41) is 6.90. The number of carbonyl (C=O) groups excluding carboxylic acids is 1. The molecule has 1 aromatic carbocycles. The van der Waals surface area contributed by atoms with Crippen molar-refractivity contribution in [1.29, 1.82) is 0 Å². The second-order valence-corrected chi connectivity index (χ2v) is 8.51. The predicted octanol–water partition coefficient (Wildman–Crippen LogP) is 3.81. The number of halogens is 1. The summed E-state index contributed by atoms with van der Waals surface area (Å²) in [6.07, 6.45) is 6.03.